The zero-order valence-corrected chi connectivity index (χ0v) is 43.6. The highest BCUT2D eigenvalue weighted by Gasteiger charge is 2.57. The van der Waals surface area contributed by atoms with Crippen LogP contribution in [0.3, 0.4) is 0 Å². The Hall–Kier alpha value is -5.22. The first-order valence-corrected chi connectivity index (χ1v) is 25.6. The summed E-state index contributed by atoms with van der Waals surface area (Å²) in [6, 6.07) is 46.3. The summed E-state index contributed by atoms with van der Waals surface area (Å²) in [7, 11) is 0. The Labute approximate surface area is 405 Å². The second-order valence-electron chi connectivity index (χ2n) is 25.5. The minimum Gasteiger partial charge on any atom is -0.334 e. The number of aryl methyl sites for hydroxylation is 1. The lowest BCUT2D eigenvalue weighted by atomic mass is 9.33. The quantitative estimate of drug-likeness (QED) is 0.164. The molecule has 0 amide bonds. The lowest BCUT2D eigenvalue weighted by molar-refractivity contribution is 0.217. The van der Waals surface area contributed by atoms with Crippen LogP contribution in [0.4, 0.5) is 45.5 Å². The van der Waals surface area contributed by atoms with Gasteiger partial charge in [-0.2, -0.15) is 0 Å². The average Bonchev–Trinajstić information content (AvgIpc) is 3.43. The number of hydrogen-bond acceptors (Lipinski definition) is 3. The Morgan fingerprint density at radius 1 is 0.433 bits per heavy atom. The monoisotopic (exact) mass is 886 g/mol. The van der Waals surface area contributed by atoms with Crippen LogP contribution < -0.4 is 31.1 Å². The molecule has 10 rings (SSSR count). The van der Waals surface area contributed by atoms with Crippen LogP contribution in [0.25, 0.3) is 0 Å². The van der Waals surface area contributed by atoms with Crippen molar-refractivity contribution < 1.29 is 0 Å². The second-order valence-corrected chi connectivity index (χ2v) is 25.5. The molecule has 0 spiro atoms. The second kappa shape index (κ2) is 15.4. The lowest BCUT2D eigenvalue weighted by Crippen LogP contribution is -2.61. The van der Waals surface area contributed by atoms with Gasteiger partial charge in [0.1, 0.15) is 0 Å². The maximum Gasteiger partial charge on any atom is 0.252 e. The topological polar surface area (TPSA) is 9.72 Å². The van der Waals surface area contributed by atoms with Gasteiger partial charge in [0, 0.05) is 50.9 Å². The first kappa shape index (κ1) is 45.6. The van der Waals surface area contributed by atoms with Crippen LogP contribution in [0.5, 0.6) is 0 Å². The van der Waals surface area contributed by atoms with E-state index in [1.54, 1.807) is 0 Å². The van der Waals surface area contributed by atoms with Gasteiger partial charge in [-0.15, -0.1) is 0 Å². The van der Waals surface area contributed by atoms with Gasteiger partial charge in [-0.3, -0.25) is 0 Å². The molecule has 67 heavy (non-hydrogen) atoms. The minimum atomic E-state index is -0.0844. The summed E-state index contributed by atoms with van der Waals surface area (Å²) in [4.78, 5) is 8.05. The van der Waals surface area contributed by atoms with Crippen LogP contribution in [-0.4, -0.2) is 12.3 Å². The molecular weight excluding hydrogens is 810 g/mol. The van der Waals surface area contributed by atoms with Crippen molar-refractivity contribution >= 4 is 68.6 Å². The molecule has 3 aliphatic heterocycles. The van der Waals surface area contributed by atoms with Gasteiger partial charge in [0.05, 0.1) is 5.54 Å². The van der Waals surface area contributed by atoms with Gasteiger partial charge in [-0.1, -0.05) is 170 Å². The molecule has 3 heterocycles. The predicted octanol–water partition coefficient (Wildman–Crippen LogP) is 15.8. The minimum absolute atomic E-state index is 0.0112. The van der Waals surface area contributed by atoms with E-state index in [2.05, 4.69) is 234 Å². The predicted molar refractivity (Wildman–Crippen MR) is 292 cm³/mol. The van der Waals surface area contributed by atoms with E-state index >= 15 is 0 Å². The maximum absolute atomic E-state index is 2.81. The lowest BCUT2D eigenvalue weighted by Gasteiger charge is -2.49. The third-order valence-corrected chi connectivity index (χ3v) is 16.8. The molecule has 0 N–H and O–H groups in total. The smallest absolute Gasteiger partial charge is 0.252 e. The van der Waals surface area contributed by atoms with E-state index in [0.29, 0.717) is 0 Å². The number of hydrogen-bond donors (Lipinski definition) is 0. The summed E-state index contributed by atoms with van der Waals surface area (Å²) in [6.07, 6.45) is 7.52. The van der Waals surface area contributed by atoms with Crippen molar-refractivity contribution in [2.24, 2.45) is 0 Å². The van der Waals surface area contributed by atoms with E-state index in [4.69, 9.17) is 0 Å². The van der Waals surface area contributed by atoms with Crippen molar-refractivity contribution in [2.75, 3.05) is 14.7 Å². The molecule has 4 aliphatic rings. The fraction of sp³-hybridized carbons (Fsp3) is 0.429. The van der Waals surface area contributed by atoms with Crippen molar-refractivity contribution in [2.45, 2.75) is 175 Å². The molecule has 0 aromatic heterocycles. The SMILES string of the molecule is Cc1cc2c3c(c1)N(c1cccc(C(C)(C)C)c1)c1cc(C(C)(C)C)ccc1B3c1ccc(N3c4ccc(C(C)(C)C)cc4C4(C)CCCCCCC34C)cc1N2c1ccc(C(C)(C)C)cc1. The van der Waals surface area contributed by atoms with Gasteiger partial charge in [0.15, 0.2) is 0 Å². The largest absolute Gasteiger partial charge is 0.334 e. The highest BCUT2D eigenvalue weighted by atomic mass is 15.3. The van der Waals surface area contributed by atoms with Crippen molar-refractivity contribution in [3.8, 4) is 0 Å². The molecule has 1 saturated carbocycles. The molecule has 6 aromatic rings. The summed E-state index contributed by atoms with van der Waals surface area (Å²) < 4.78 is 0. The van der Waals surface area contributed by atoms with Crippen LogP contribution in [-0.2, 0) is 27.1 Å². The number of rotatable bonds is 3. The van der Waals surface area contributed by atoms with Gasteiger partial charge < -0.3 is 14.7 Å². The summed E-state index contributed by atoms with van der Waals surface area (Å²) in [5.41, 5.74) is 22.6. The Balaban J connectivity index is 1.26. The molecule has 1 aliphatic carbocycles. The van der Waals surface area contributed by atoms with Crippen LogP contribution in [0.15, 0.2) is 115 Å². The zero-order valence-electron chi connectivity index (χ0n) is 43.6. The molecule has 1 fully saturated rings. The first-order chi connectivity index (χ1) is 31.4. The highest BCUT2D eigenvalue weighted by molar-refractivity contribution is 7.00. The number of fused-ring (bicyclic) bond motifs is 7. The summed E-state index contributed by atoms with van der Waals surface area (Å²) in [5, 5.41) is 0. The van der Waals surface area contributed by atoms with E-state index < -0.39 is 0 Å². The van der Waals surface area contributed by atoms with Crippen molar-refractivity contribution in [1.82, 2.24) is 0 Å². The first-order valence-electron chi connectivity index (χ1n) is 25.6. The van der Waals surface area contributed by atoms with E-state index in [-0.39, 0.29) is 39.3 Å². The molecule has 3 nitrogen and oxygen atoms in total. The van der Waals surface area contributed by atoms with E-state index in [9.17, 15) is 0 Å². The normalized spacial score (nSPS) is 20.4. The molecule has 2 unspecified atom stereocenters. The van der Waals surface area contributed by atoms with E-state index in [1.165, 1.54) is 134 Å². The fourth-order valence-corrected chi connectivity index (χ4v) is 12.5. The van der Waals surface area contributed by atoms with Crippen LogP contribution in [0, 0.1) is 6.92 Å². The summed E-state index contributed by atoms with van der Waals surface area (Å²) >= 11 is 0. The van der Waals surface area contributed by atoms with Crippen LogP contribution in [0.1, 0.15) is 169 Å². The average molecular weight is 886 g/mol. The van der Waals surface area contributed by atoms with Gasteiger partial charge in [0.25, 0.3) is 6.71 Å². The molecular formula is C63H76BN3. The Kier molecular flexibility index (Phi) is 10.5. The molecule has 4 heteroatoms. The van der Waals surface area contributed by atoms with Crippen molar-refractivity contribution in [1.29, 1.82) is 0 Å². The maximum atomic E-state index is 2.81. The Morgan fingerprint density at radius 3 is 1.57 bits per heavy atom. The molecule has 346 valence electrons. The van der Waals surface area contributed by atoms with Crippen molar-refractivity contribution in [3.63, 3.8) is 0 Å². The van der Waals surface area contributed by atoms with Crippen LogP contribution >= 0.6 is 0 Å². The Morgan fingerprint density at radius 2 is 0.940 bits per heavy atom. The zero-order chi connectivity index (χ0) is 47.8. The third kappa shape index (κ3) is 7.29. The molecule has 6 aromatic carbocycles. The standard InChI is InChI=1S/C63H76BN3/c1-41-35-55-57-56(36-41)66(47-22-20-21-43(37-47)59(5,6)7)53-39-45(61(11,12)13)25-30-50(53)64(57)51-31-29-48(40-54(51)65(55)46-27-23-42(24-28-46)58(2,3)4)67-52-32-26-44(60(8,9)10)38-49(52)62(14)33-18-16-17-19-34-63(62,67)15/h20-32,35-40H,16-19,33-34H2,1-15H3. The molecule has 2 atom stereocenters. The van der Waals surface area contributed by atoms with Gasteiger partial charge in [-0.05, 0) is 159 Å². The van der Waals surface area contributed by atoms with Crippen LogP contribution in [0.2, 0.25) is 0 Å². The molecule has 0 bridgehead atoms. The number of anilines is 8. The van der Waals surface area contributed by atoms with Gasteiger partial charge in [-0.25, -0.2) is 0 Å². The highest BCUT2D eigenvalue weighted by Crippen LogP contribution is 2.60. The van der Waals surface area contributed by atoms with Crippen molar-refractivity contribution in [3.05, 3.63) is 149 Å². The van der Waals surface area contributed by atoms with Gasteiger partial charge >= 0.3 is 0 Å². The van der Waals surface area contributed by atoms with E-state index in [1.807, 2.05) is 0 Å². The summed E-state index contributed by atoms with van der Waals surface area (Å²) in [6.45, 7) is 35.7. The molecule has 0 radical (unpaired) electrons. The number of nitrogens with zero attached hydrogens (tertiary/aromatic N) is 3. The fourth-order valence-electron chi connectivity index (χ4n) is 12.5. The van der Waals surface area contributed by atoms with Gasteiger partial charge in [0.2, 0.25) is 0 Å². The summed E-state index contributed by atoms with van der Waals surface area (Å²) in [5.74, 6) is 0. The third-order valence-electron chi connectivity index (χ3n) is 16.8. The number of benzene rings is 6. The van der Waals surface area contributed by atoms with E-state index in [0.717, 1.165) is 0 Å². The Bertz CT molecular complexity index is 2910. The molecule has 0 saturated heterocycles.